The Morgan fingerprint density at radius 3 is 0.846 bits per heavy atom. The number of phosphoric acid groups is 2. The molecule has 0 aromatic heterocycles. The summed E-state index contributed by atoms with van der Waals surface area (Å²) in [5, 5.41) is 10.6. The summed E-state index contributed by atoms with van der Waals surface area (Å²) in [5.74, 6) is -2.27. The first-order chi connectivity index (χ1) is 50.7. The molecule has 5 unspecified atom stereocenters. The Bertz CT molecular complexity index is 2440. The van der Waals surface area contributed by atoms with Crippen molar-refractivity contribution in [2.45, 2.75) is 354 Å². The van der Waals surface area contributed by atoms with Crippen molar-refractivity contribution < 1.29 is 80.2 Å². The third kappa shape index (κ3) is 75.7. The Kier molecular flexibility index (Phi) is 73.3. The number of unbranched alkanes of at least 4 members (excludes halogenated alkanes) is 30. The van der Waals surface area contributed by atoms with Crippen LogP contribution in [-0.4, -0.2) is 96.7 Å². The van der Waals surface area contributed by atoms with E-state index in [2.05, 4.69) is 137 Å². The van der Waals surface area contributed by atoms with Crippen LogP contribution >= 0.6 is 15.6 Å². The molecule has 17 nitrogen and oxygen atoms in total. The maximum absolute atomic E-state index is 13.1. The molecule has 3 N–H and O–H groups in total. The van der Waals surface area contributed by atoms with Gasteiger partial charge in [0.05, 0.1) is 26.4 Å². The highest BCUT2D eigenvalue weighted by molar-refractivity contribution is 7.47. The summed E-state index contributed by atoms with van der Waals surface area (Å²) in [6, 6.07) is 0. The Morgan fingerprint density at radius 1 is 0.279 bits per heavy atom. The molecule has 0 aromatic rings. The number of carbonyl (C=O) groups excluding carboxylic acids is 4. The highest BCUT2D eigenvalue weighted by Gasteiger charge is 2.30. The summed E-state index contributed by atoms with van der Waals surface area (Å²) < 4.78 is 68.6. The van der Waals surface area contributed by atoms with Crippen LogP contribution < -0.4 is 0 Å². The number of hydrogen-bond acceptors (Lipinski definition) is 15. The third-order valence-electron chi connectivity index (χ3n) is 16.9. The van der Waals surface area contributed by atoms with Crippen LogP contribution in [0.5, 0.6) is 0 Å². The van der Waals surface area contributed by atoms with Gasteiger partial charge in [-0.2, -0.15) is 0 Å². The van der Waals surface area contributed by atoms with Gasteiger partial charge in [0.25, 0.3) is 0 Å². The van der Waals surface area contributed by atoms with Crippen molar-refractivity contribution in [1.82, 2.24) is 0 Å². The molecule has 0 aliphatic heterocycles. The van der Waals surface area contributed by atoms with Crippen molar-refractivity contribution in [3.05, 3.63) is 122 Å². The van der Waals surface area contributed by atoms with Crippen LogP contribution in [0.3, 0.4) is 0 Å². The number of carbonyl (C=O) groups is 4. The molecule has 5 atom stereocenters. The van der Waals surface area contributed by atoms with Gasteiger partial charge in [-0.3, -0.25) is 37.3 Å². The first kappa shape index (κ1) is 99.5. The molecule has 598 valence electrons. The fourth-order valence-corrected chi connectivity index (χ4v) is 12.2. The largest absolute Gasteiger partial charge is 0.472 e. The molecule has 0 amide bonds. The first-order valence-corrected chi connectivity index (χ1v) is 43.8. The SMILES string of the molecule is CC/C=C\C/C=C\C/C=C\C/C=C\C/C=C\CCCC(=O)OC(COC(=O)CCCCCCCC/C=C\C/C=C\C/C=C\CCCCC)COP(=O)(O)OCC(O)COP(=O)(O)OCC(COC(=O)CCCCCCC/C=C\CCCCCCCC)OC(=O)CCCCCCC/C=C\CCCCCC. The van der Waals surface area contributed by atoms with Crippen LogP contribution in [0.15, 0.2) is 122 Å². The van der Waals surface area contributed by atoms with Gasteiger partial charge in [-0.25, -0.2) is 9.13 Å². The molecular formula is C85H146O17P2. The number of hydrogen-bond donors (Lipinski definition) is 3. The molecule has 19 heteroatoms. The molecule has 0 aromatic carbocycles. The predicted octanol–water partition coefficient (Wildman–Crippen LogP) is 23.9. The molecule has 0 rings (SSSR count). The minimum atomic E-state index is -5.00. The van der Waals surface area contributed by atoms with Gasteiger partial charge in [-0.15, -0.1) is 0 Å². The van der Waals surface area contributed by atoms with E-state index in [0.717, 1.165) is 167 Å². The number of aliphatic hydroxyl groups is 1. The van der Waals surface area contributed by atoms with Crippen molar-refractivity contribution >= 4 is 39.5 Å². The van der Waals surface area contributed by atoms with E-state index >= 15 is 0 Å². The molecule has 0 bridgehead atoms. The molecule has 0 radical (unpaired) electrons. The first-order valence-electron chi connectivity index (χ1n) is 40.8. The van der Waals surface area contributed by atoms with Gasteiger partial charge in [0.1, 0.15) is 19.3 Å². The normalized spacial score (nSPS) is 14.5. The van der Waals surface area contributed by atoms with Crippen molar-refractivity contribution in [3.63, 3.8) is 0 Å². The number of ether oxygens (including phenoxy) is 4. The number of aliphatic hydroxyl groups excluding tert-OH is 1. The minimum absolute atomic E-state index is 0.0112. The summed E-state index contributed by atoms with van der Waals surface area (Å²) in [6.07, 6.45) is 84.6. The van der Waals surface area contributed by atoms with Crippen LogP contribution in [0.2, 0.25) is 0 Å². The number of phosphoric ester groups is 2. The zero-order valence-corrected chi connectivity index (χ0v) is 67.2. The van der Waals surface area contributed by atoms with Gasteiger partial charge in [0.15, 0.2) is 12.2 Å². The van der Waals surface area contributed by atoms with Gasteiger partial charge < -0.3 is 33.8 Å². The third-order valence-corrected chi connectivity index (χ3v) is 18.8. The molecule has 0 heterocycles. The minimum Gasteiger partial charge on any atom is -0.462 e. The molecule has 0 saturated heterocycles. The fraction of sp³-hybridized carbons (Fsp3) is 0.718. The van der Waals surface area contributed by atoms with E-state index in [1.807, 2.05) is 12.2 Å². The summed E-state index contributed by atoms with van der Waals surface area (Å²) >= 11 is 0. The van der Waals surface area contributed by atoms with Crippen LogP contribution in [0.4, 0.5) is 0 Å². The average Bonchev–Trinajstić information content (AvgIpc) is 0.917. The van der Waals surface area contributed by atoms with E-state index < -0.39 is 97.5 Å². The number of allylic oxidation sites excluding steroid dienone is 20. The molecule has 0 aliphatic rings. The number of esters is 4. The predicted molar refractivity (Wildman–Crippen MR) is 427 cm³/mol. The van der Waals surface area contributed by atoms with Gasteiger partial charge in [0.2, 0.25) is 0 Å². The van der Waals surface area contributed by atoms with Gasteiger partial charge >= 0.3 is 39.5 Å². The van der Waals surface area contributed by atoms with Gasteiger partial charge in [-0.05, 0) is 154 Å². The molecule has 0 saturated carbocycles. The quantitative estimate of drug-likeness (QED) is 0.0169. The smallest absolute Gasteiger partial charge is 0.462 e. The number of rotatable bonds is 76. The molecule has 0 spiro atoms. The summed E-state index contributed by atoms with van der Waals surface area (Å²) in [5.41, 5.74) is 0. The monoisotopic (exact) mass is 1500 g/mol. The Morgan fingerprint density at radius 2 is 0.510 bits per heavy atom. The maximum Gasteiger partial charge on any atom is 0.472 e. The topological polar surface area (TPSA) is 237 Å². The van der Waals surface area contributed by atoms with Crippen molar-refractivity contribution in [2.24, 2.45) is 0 Å². The highest BCUT2D eigenvalue weighted by Crippen LogP contribution is 2.45. The van der Waals surface area contributed by atoms with E-state index in [1.54, 1.807) is 0 Å². The second-order valence-electron chi connectivity index (χ2n) is 27.0. The van der Waals surface area contributed by atoms with E-state index in [-0.39, 0.29) is 25.7 Å². The van der Waals surface area contributed by atoms with Crippen molar-refractivity contribution in [1.29, 1.82) is 0 Å². The standard InChI is InChI=1S/C85H146O17P2/c1-5-9-13-17-21-25-29-33-36-38-39-41-43-47-50-54-58-62-66-70-83(88)96-76-81(102-85(90)72-68-64-60-56-52-48-44-40-37-34-30-26-22-18-14-10-6-2)78-100-104(93,94)98-74-79(86)73-97-103(91,92)99-77-80(101-84(89)71-67-63-59-55-51-45-32-28-24-20-16-12-8-4)75-95-82(87)69-65-61-57-53-49-46-42-35-31-27-23-19-15-11-7-3/h10,14,21-22,25-26,28,32-37,39,41-42,44,48,56,60,79-81,86H,5-9,11-13,15-20,23-24,27,29-31,38,40,43,45-47,49-55,57-59,61-78H2,1-4H3,(H,91,92)(H,93,94)/b14-10-,25-21-,26-22-,32-28-,36-33-,37-34-,41-39-,42-35-,48-44-,60-56-. The Labute approximate surface area is 632 Å². The lowest BCUT2D eigenvalue weighted by Gasteiger charge is -2.21. The summed E-state index contributed by atoms with van der Waals surface area (Å²) in [4.78, 5) is 73.0. The average molecular weight is 1500 g/mol. The second kappa shape index (κ2) is 76.6. The highest BCUT2D eigenvalue weighted by atomic mass is 31.2. The van der Waals surface area contributed by atoms with E-state index in [9.17, 15) is 43.2 Å². The van der Waals surface area contributed by atoms with Crippen LogP contribution in [-0.2, 0) is 65.4 Å². The zero-order chi connectivity index (χ0) is 76.0. The van der Waals surface area contributed by atoms with Crippen LogP contribution in [0.1, 0.15) is 336 Å². The van der Waals surface area contributed by atoms with Crippen LogP contribution in [0.25, 0.3) is 0 Å². The van der Waals surface area contributed by atoms with Crippen molar-refractivity contribution in [3.8, 4) is 0 Å². The second-order valence-corrected chi connectivity index (χ2v) is 29.9. The lowest BCUT2D eigenvalue weighted by atomic mass is 10.1. The lowest BCUT2D eigenvalue weighted by molar-refractivity contribution is -0.161. The zero-order valence-electron chi connectivity index (χ0n) is 65.4. The van der Waals surface area contributed by atoms with Gasteiger partial charge in [0, 0.05) is 25.7 Å². The summed E-state index contributed by atoms with van der Waals surface area (Å²) in [7, 11) is -9.99. The lowest BCUT2D eigenvalue weighted by Crippen LogP contribution is -2.30. The van der Waals surface area contributed by atoms with Crippen LogP contribution in [0, 0.1) is 0 Å². The fourth-order valence-electron chi connectivity index (χ4n) is 10.7. The summed E-state index contributed by atoms with van der Waals surface area (Å²) in [6.45, 7) is 4.64. The molecule has 0 fully saturated rings. The molecular weight excluding hydrogens is 1350 g/mol. The Balaban J connectivity index is 5.42. The van der Waals surface area contributed by atoms with Crippen molar-refractivity contribution in [2.75, 3.05) is 39.6 Å². The van der Waals surface area contributed by atoms with E-state index in [4.69, 9.17) is 37.0 Å². The Hall–Kier alpha value is -4.54. The van der Waals surface area contributed by atoms with E-state index in [1.165, 1.54) is 83.5 Å². The van der Waals surface area contributed by atoms with Gasteiger partial charge in [-0.1, -0.05) is 278 Å². The molecule has 0 aliphatic carbocycles. The maximum atomic E-state index is 13.1. The van der Waals surface area contributed by atoms with E-state index in [0.29, 0.717) is 32.1 Å². The molecule has 104 heavy (non-hydrogen) atoms.